The Morgan fingerprint density at radius 1 is 0.714 bits per heavy atom. The molecule has 0 saturated heterocycles. The molecule has 7 nitrogen and oxygen atoms in total. The fourth-order valence-corrected chi connectivity index (χ4v) is 4.44. The molecule has 0 amide bonds. The van der Waals surface area contributed by atoms with E-state index in [4.69, 9.17) is 23.1 Å². The van der Waals surface area contributed by atoms with Crippen LogP contribution in [0.4, 0.5) is 0 Å². The molecule has 0 N–H and O–H groups in total. The van der Waals surface area contributed by atoms with Gasteiger partial charge in [0.25, 0.3) is 10.1 Å². The summed E-state index contributed by atoms with van der Waals surface area (Å²) in [6.45, 7) is 10.6. The summed E-state index contributed by atoms with van der Waals surface area (Å²) in [7, 11) is -3.71. The molecule has 0 aliphatic carbocycles. The van der Waals surface area contributed by atoms with Crippen LogP contribution in [0.1, 0.15) is 112 Å². The van der Waals surface area contributed by atoms with E-state index in [1.54, 1.807) is 13.8 Å². The summed E-state index contributed by atoms with van der Waals surface area (Å²) < 4.78 is 51.7. The van der Waals surface area contributed by atoms with Gasteiger partial charge in [0.2, 0.25) is 0 Å². The highest BCUT2D eigenvalue weighted by Gasteiger charge is 2.28. The Morgan fingerprint density at radius 3 is 1.74 bits per heavy atom. The predicted molar refractivity (Wildman–Crippen MR) is 143 cm³/mol. The van der Waals surface area contributed by atoms with Crippen LogP contribution in [0.5, 0.6) is 0 Å². The van der Waals surface area contributed by atoms with Crippen molar-refractivity contribution in [2.45, 2.75) is 136 Å². The number of rotatable bonds is 25. The lowest BCUT2D eigenvalue weighted by atomic mass is 10.0. The first-order chi connectivity index (χ1) is 16.7. The molecule has 4 atom stereocenters. The molecule has 210 valence electrons. The second-order valence-electron chi connectivity index (χ2n) is 9.07. The zero-order valence-electron chi connectivity index (χ0n) is 23.3. The Morgan fingerprint density at radius 2 is 1.23 bits per heavy atom. The number of ether oxygens (including phenoxy) is 4. The van der Waals surface area contributed by atoms with Crippen LogP contribution in [0, 0.1) is 0 Å². The Hall–Kier alpha value is -0.510. The van der Waals surface area contributed by atoms with Gasteiger partial charge < -0.3 is 18.9 Å². The fraction of sp³-hybridized carbons (Fsp3) is 0.926. The van der Waals surface area contributed by atoms with E-state index in [2.05, 4.69) is 6.92 Å². The van der Waals surface area contributed by atoms with Gasteiger partial charge in [0, 0.05) is 13.2 Å². The Balaban J connectivity index is 4.65. The van der Waals surface area contributed by atoms with Crippen molar-refractivity contribution in [2.24, 2.45) is 0 Å². The minimum absolute atomic E-state index is 0.0144. The number of hydrogen-bond donors (Lipinski definition) is 0. The Bertz CT molecular complexity index is 594. The van der Waals surface area contributed by atoms with Gasteiger partial charge in [0.15, 0.2) is 12.6 Å². The largest absolute Gasteiger partial charge is 0.353 e. The van der Waals surface area contributed by atoms with E-state index >= 15 is 0 Å². The highest BCUT2D eigenvalue weighted by atomic mass is 32.2. The van der Waals surface area contributed by atoms with E-state index in [-0.39, 0.29) is 6.61 Å². The van der Waals surface area contributed by atoms with Crippen LogP contribution in [0.2, 0.25) is 0 Å². The van der Waals surface area contributed by atoms with Crippen molar-refractivity contribution in [3.05, 3.63) is 12.2 Å². The summed E-state index contributed by atoms with van der Waals surface area (Å²) >= 11 is 0. The van der Waals surface area contributed by atoms with Crippen molar-refractivity contribution in [3.63, 3.8) is 0 Å². The zero-order valence-corrected chi connectivity index (χ0v) is 24.2. The molecule has 8 heteroatoms. The van der Waals surface area contributed by atoms with Crippen LogP contribution < -0.4 is 0 Å². The molecular formula is C27H54O7S. The van der Waals surface area contributed by atoms with Crippen LogP contribution in [0.3, 0.4) is 0 Å². The fourth-order valence-electron chi connectivity index (χ4n) is 3.82. The number of unbranched alkanes of at least 4 members (excludes halogenated alkanes) is 11. The standard InChI is InChI=1S/C27H54O7S/c1-7-10-11-12-13-14-15-16-17-18-19-20-21-22-26(33-25(5)31-9-3)27(34-35(6,28)29)23-32-24(4)30-8-2/h21-22,24-27H,7-20,23H2,1-6H3/b22-21+/t24?,25?,26-,27+/m0/s1. The van der Waals surface area contributed by atoms with E-state index < -0.39 is 34.9 Å². The highest BCUT2D eigenvalue weighted by molar-refractivity contribution is 7.86. The van der Waals surface area contributed by atoms with Crippen LogP contribution in [-0.4, -0.2) is 59.3 Å². The molecule has 0 spiro atoms. The van der Waals surface area contributed by atoms with Crippen molar-refractivity contribution in [3.8, 4) is 0 Å². The normalized spacial score (nSPS) is 15.9. The van der Waals surface area contributed by atoms with E-state index in [0.29, 0.717) is 13.2 Å². The van der Waals surface area contributed by atoms with Crippen LogP contribution in [0.15, 0.2) is 12.2 Å². The molecule has 0 bridgehead atoms. The molecule has 0 fully saturated rings. The Kier molecular flexibility index (Phi) is 22.3. The SMILES string of the molecule is CCCCCCCCCCCCC/C=C/[C@H](OC(C)OCC)[C@@H](COC(C)OCC)OS(C)(=O)=O. The van der Waals surface area contributed by atoms with Crippen molar-refractivity contribution < 1.29 is 31.5 Å². The molecule has 0 rings (SSSR count). The third-order valence-corrected chi connectivity index (χ3v) is 6.21. The lowest BCUT2D eigenvalue weighted by molar-refractivity contribution is -0.186. The van der Waals surface area contributed by atoms with Gasteiger partial charge in [-0.1, -0.05) is 83.3 Å². The Labute approximate surface area is 216 Å². The molecule has 0 aliphatic heterocycles. The van der Waals surface area contributed by atoms with E-state index in [1.165, 1.54) is 64.2 Å². The van der Waals surface area contributed by atoms with Gasteiger partial charge in [-0.25, -0.2) is 0 Å². The smallest absolute Gasteiger partial charge is 0.264 e. The third-order valence-electron chi connectivity index (χ3n) is 5.61. The van der Waals surface area contributed by atoms with Crippen LogP contribution in [0.25, 0.3) is 0 Å². The monoisotopic (exact) mass is 522 g/mol. The second-order valence-corrected chi connectivity index (χ2v) is 10.7. The summed E-state index contributed by atoms with van der Waals surface area (Å²) in [5.41, 5.74) is 0. The van der Waals surface area contributed by atoms with Crippen molar-refractivity contribution in [1.29, 1.82) is 0 Å². The topological polar surface area (TPSA) is 80.3 Å². The number of allylic oxidation sites excluding steroid dienone is 1. The molecule has 0 radical (unpaired) electrons. The minimum Gasteiger partial charge on any atom is -0.353 e. The van der Waals surface area contributed by atoms with Gasteiger partial charge in [-0.2, -0.15) is 8.42 Å². The maximum absolute atomic E-state index is 11.9. The predicted octanol–water partition coefficient (Wildman–Crippen LogP) is 6.76. The summed E-state index contributed by atoms with van der Waals surface area (Å²) in [6, 6.07) is 0. The molecule has 0 aromatic carbocycles. The minimum atomic E-state index is -3.71. The van der Waals surface area contributed by atoms with Gasteiger partial charge in [-0.3, -0.25) is 4.18 Å². The van der Waals surface area contributed by atoms with E-state index in [0.717, 1.165) is 19.1 Å². The molecule has 0 saturated carbocycles. The van der Waals surface area contributed by atoms with E-state index in [1.807, 2.05) is 26.0 Å². The van der Waals surface area contributed by atoms with Gasteiger partial charge in [0.05, 0.1) is 12.9 Å². The molecule has 0 heterocycles. The lowest BCUT2D eigenvalue weighted by Gasteiger charge is -2.27. The third kappa shape index (κ3) is 22.4. The summed E-state index contributed by atoms with van der Waals surface area (Å²) in [4.78, 5) is 0. The first kappa shape index (κ1) is 34.5. The molecule has 0 aromatic heterocycles. The summed E-state index contributed by atoms with van der Waals surface area (Å²) in [5, 5.41) is 0. The van der Waals surface area contributed by atoms with Crippen molar-refractivity contribution >= 4 is 10.1 Å². The molecule has 35 heavy (non-hydrogen) atoms. The summed E-state index contributed by atoms with van der Waals surface area (Å²) in [6.07, 6.45) is 17.7. The zero-order chi connectivity index (χ0) is 26.4. The van der Waals surface area contributed by atoms with Crippen LogP contribution in [-0.2, 0) is 33.2 Å². The van der Waals surface area contributed by atoms with Gasteiger partial charge in [0.1, 0.15) is 12.2 Å². The quantitative estimate of drug-likeness (QED) is 0.0567. The first-order valence-electron chi connectivity index (χ1n) is 13.8. The lowest BCUT2D eigenvalue weighted by Crippen LogP contribution is -2.39. The average Bonchev–Trinajstić information content (AvgIpc) is 2.78. The van der Waals surface area contributed by atoms with Gasteiger partial charge in [-0.15, -0.1) is 0 Å². The van der Waals surface area contributed by atoms with Gasteiger partial charge in [-0.05, 0) is 40.5 Å². The molecule has 2 unspecified atom stereocenters. The first-order valence-corrected chi connectivity index (χ1v) is 15.6. The maximum atomic E-state index is 11.9. The van der Waals surface area contributed by atoms with Crippen LogP contribution >= 0.6 is 0 Å². The van der Waals surface area contributed by atoms with Crippen molar-refractivity contribution in [1.82, 2.24) is 0 Å². The maximum Gasteiger partial charge on any atom is 0.264 e. The average molecular weight is 523 g/mol. The molecule has 0 aliphatic rings. The molecular weight excluding hydrogens is 468 g/mol. The molecule has 0 aromatic rings. The number of hydrogen-bond acceptors (Lipinski definition) is 7. The second kappa shape index (κ2) is 22.7. The highest BCUT2D eigenvalue weighted by Crippen LogP contribution is 2.16. The van der Waals surface area contributed by atoms with Crippen molar-refractivity contribution in [2.75, 3.05) is 26.1 Å². The summed E-state index contributed by atoms with van der Waals surface area (Å²) in [5.74, 6) is 0. The van der Waals surface area contributed by atoms with Gasteiger partial charge >= 0.3 is 0 Å². The van der Waals surface area contributed by atoms with E-state index in [9.17, 15) is 8.42 Å².